The van der Waals surface area contributed by atoms with Crippen molar-refractivity contribution in [2.24, 2.45) is 0 Å². The lowest BCUT2D eigenvalue weighted by molar-refractivity contribution is 0.00578. The van der Waals surface area contributed by atoms with E-state index in [4.69, 9.17) is 18.8 Å². The van der Waals surface area contributed by atoms with Crippen molar-refractivity contribution in [1.29, 1.82) is 0 Å². The number of amides is 2. The normalized spacial score (nSPS) is 17.9. The smallest absolute Gasteiger partial charge is 0.444 e. The minimum atomic E-state index is -0.465. The van der Waals surface area contributed by atoms with Crippen LogP contribution in [0, 0.1) is 0 Å². The van der Waals surface area contributed by atoms with E-state index in [1.54, 1.807) is 34.6 Å². The third-order valence-electron chi connectivity index (χ3n) is 9.58. The number of carbonyl (C=O) groups is 2. The van der Waals surface area contributed by atoms with E-state index < -0.39 is 11.2 Å². The zero-order chi connectivity index (χ0) is 40.9. The summed E-state index contributed by atoms with van der Waals surface area (Å²) in [6, 6.07) is 11.9. The van der Waals surface area contributed by atoms with E-state index in [0.717, 1.165) is 50.4 Å². The summed E-state index contributed by atoms with van der Waals surface area (Å²) in [5.74, 6) is 0. The Balaban J connectivity index is 0.000000170. The molecule has 2 aromatic carbocycles. The largest absolute Gasteiger partial charge is 0.490 e. The maximum Gasteiger partial charge on any atom is 0.490 e. The lowest BCUT2D eigenvalue weighted by Crippen LogP contribution is -2.41. The molecule has 4 aromatic rings. The quantitative estimate of drug-likeness (QED) is 0.180. The van der Waals surface area contributed by atoms with Gasteiger partial charge in [-0.3, -0.25) is 19.9 Å². The van der Waals surface area contributed by atoms with Gasteiger partial charge in [0.2, 0.25) is 0 Å². The van der Waals surface area contributed by atoms with Gasteiger partial charge in [0, 0.05) is 55.4 Å². The zero-order valence-electron chi connectivity index (χ0n) is 34.3. The highest BCUT2D eigenvalue weighted by molar-refractivity contribution is 9.10. The molecule has 3 aliphatic rings. The number of aromatic nitrogens is 4. The van der Waals surface area contributed by atoms with Crippen LogP contribution in [0.1, 0.15) is 87.6 Å². The summed E-state index contributed by atoms with van der Waals surface area (Å²) in [6.07, 6.45) is 11.9. The number of hydrogen-bond donors (Lipinski definition) is 0. The Morgan fingerprint density at radius 2 is 1.14 bits per heavy atom. The van der Waals surface area contributed by atoms with Gasteiger partial charge in [-0.1, -0.05) is 34.1 Å². The minimum Gasteiger partial charge on any atom is -0.444 e. The van der Waals surface area contributed by atoms with Crippen LogP contribution >= 0.6 is 15.9 Å². The van der Waals surface area contributed by atoms with Crippen molar-refractivity contribution >= 4 is 62.9 Å². The molecule has 7 rings (SSSR count). The van der Waals surface area contributed by atoms with Crippen LogP contribution in [0.3, 0.4) is 0 Å². The van der Waals surface area contributed by atoms with Crippen LogP contribution < -0.4 is 0 Å². The first-order chi connectivity index (χ1) is 26.2. The van der Waals surface area contributed by atoms with Gasteiger partial charge in [0.15, 0.2) is 0 Å². The van der Waals surface area contributed by atoms with Crippen molar-refractivity contribution in [1.82, 2.24) is 29.7 Å². The van der Waals surface area contributed by atoms with Crippen LogP contribution in [0.4, 0.5) is 9.59 Å². The van der Waals surface area contributed by atoms with E-state index in [9.17, 15) is 9.59 Å². The lowest BCUT2D eigenvalue weighted by atomic mass is 9.75. The molecule has 5 heterocycles. The van der Waals surface area contributed by atoms with Gasteiger partial charge in [0.1, 0.15) is 11.2 Å². The molecule has 0 bridgehead atoms. The van der Waals surface area contributed by atoms with E-state index in [0.29, 0.717) is 26.2 Å². The van der Waals surface area contributed by atoms with Gasteiger partial charge in [0.05, 0.1) is 33.3 Å². The Morgan fingerprint density at radius 3 is 1.61 bits per heavy atom. The highest BCUT2D eigenvalue weighted by Crippen LogP contribution is 2.39. The minimum absolute atomic E-state index is 0.253. The second-order valence-corrected chi connectivity index (χ2v) is 17.8. The number of benzene rings is 2. The van der Waals surface area contributed by atoms with Crippen molar-refractivity contribution in [3.05, 3.63) is 88.8 Å². The molecule has 2 aromatic heterocycles. The molecule has 1 saturated heterocycles. The number of rotatable bonds is 2. The zero-order valence-corrected chi connectivity index (χ0v) is 35.8. The fraction of sp³-hybridized carbons (Fsp3) is 0.476. The number of carbonyl (C=O) groups excluding carboxylic acids is 2. The third-order valence-corrected chi connectivity index (χ3v) is 10.1. The third kappa shape index (κ3) is 11.6. The summed E-state index contributed by atoms with van der Waals surface area (Å²) in [7, 11) is -0.314. The van der Waals surface area contributed by atoms with E-state index in [2.05, 4.69) is 54.1 Å². The van der Waals surface area contributed by atoms with Crippen LogP contribution in [0.25, 0.3) is 27.6 Å². The van der Waals surface area contributed by atoms with Gasteiger partial charge in [-0.25, -0.2) is 9.59 Å². The average molecular weight is 830 g/mol. The van der Waals surface area contributed by atoms with E-state index >= 15 is 0 Å². The number of nitrogens with zero attached hydrogens (tertiary/aromatic N) is 6. The number of ether oxygens (including phenoxy) is 2. The molecule has 0 radical (unpaired) electrons. The van der Waals surface area contributed by atoms with Crippen molar-refractivity contribution in [2.75, 3.05) is 26.2 Å². The maximum absolute atomic E-state index is 12.1. The molecular weight excluding hydrogens is 775 g/mol. The Kier molecular flexibility index (Phi) is 13.3. The molecule has 12 nitrogen and oxygen atoms in total. The molecule has 3 aliphatic heterocycles. The van der Waals surface area contributed by atoms with Gasteiger partial charge in [0.25, 0.3) is 0 Å². The first kappa shape index (κ1) is 42.7. The van der Waals surface area contributed by atoms with Crippen LogP contribution in [0.15, 0.2) is 83.3 Å². The Hall–Kier alpha value is -4.40. The number of halogens is 1. The van der Waals surface area contributed by atoms with E-state index in [1.807, 2.05) is 99.6 Å². The van der Waals surface area contributed by atoms with Crippen molar-refractivity contribution in [3.63, 3.8) is 0 Å². The monoisotopic (exact) mass is 828 g/mol. The molecule has 14 heteroatoms. The second kappa shape index (κ2) is 17.4. The van der Waals surface area contributed by atoms with Gasteiger partial charge in [-0.2, -0.15) is 0 Å². The van der Waals surface area contributed by atoms with Crippen LogP contribution in [-0.2, 0) is 18.8 Å². The molecule has 298 valence electrons. The van der Waals surface area contributed by atoms with Gasteiger partial charge < -0.3 is 28.6 Å². The first-order valence-electron chi connectivity index (χ1n) is 19.0. The Morgan fingerprint density at radius 1 is 0.679 bits per heavy atom. The van der Waals surface area contributed by atoms with E-state index in [1.165, 1.54) is 5.57 Å². The summed E-state index contributed by atoms with van der Waals surface area (Å²) in [4.78, 5) is 44.5. The van der Waals surface area contributed by atoms with Crippen molar-refractivity contribution in [2.45, 2.75) is 104 Å². The molecule has 0 N–H and O–H groups in total. The molecule has 0 spiro atoms. The highest BCUT2D eigenvalue weighted by atomic mass is 79.9. The molecular formula is C42H54BBrN6O6. The number of fused-ring (bicyclic) bond motifs is 2. The standard InChI is InChI=1S/C18H21N3O2.C16H28BNO4.C8H5BrN2/c1-18(2,3)23-17(22)21-10-6-13(7-11-21)14-4-5-15-16(12-14)20-9-8-19-15;1-14(2,3)20-13(19)18-10-8-12(9-11-18)17-21-15(4,5)16(6,7)22-17;9-6-1-2-7-8(5-6)11-4-3-10-7/h4-6,8-9,12H,7,10-11H2,1-3H3;8H,9-11H2,1-7H3;1-5H. The summed E-state index contributed by atoms with van der Waals surface area (Å²) in [5.41, 5.74) is 5.52. The maximum atomic E-state index is 12.1. The number of hydrogen-bond acceptors (Lipinski definition) is 10. The summed E-state index contributed by atoms with van der Waals surface area (Å²) in [5, 5.41) is 0. The molecule has 0 unspecified atom stereocenters. The topological polar surface area (TPSA) is 129 Å². The van der Waals surface area contributed by atoms with Gasteiger partial charge in [-0.05, 0) is 129 Å². The average Bonchev–Trinajstić information content (AvgIpc) is 3.36. The van der Waals surface area contributed by atoms with Gasteiger partial charge >= 0.3 is 19.3 Å². The highest BCUT2D eigenvalue weighted by Gasteiger charge is 2.52. The molecule has 0 atom stereocenters. The van der Waals surface area contributed by atoms with Crippen LogP contribution in [0.2, 0.25) is 0 Å². The van der Waals surface area contributed by atoms with E-state index in [-0.39, 0.29) is 30.5 Å². The SMILES string of the molecule is Brc1ccc2nccnc2c1.CC(C)(C)OC(=O)N1CC=C(B2OC(C)(C)C(C)(C)O2)CC1.CC(C)(C)OC(=O)N1CC=C(c2ccc3nccnc3c2)CC1. The van der Waals surface area contributed by atoms with Crippen LogP contribution in [0.5, 0.6) is 0 Å². The fourth-order valence-electron chi connectivity index (χ4n) is 5.91. The Labute approximate surface area is 339 Å². The molecule has 0 aliphatic carbocycles. The first-order valence-corrected chi connectivity index (χ1v) is 19.8. The summed E-state index contributed by atoms with van der Waals surface area (Å²) < 4.78 is 24.0. The van der Waals surface area contributed by atoms with Crippen LogP contribution in [-0.4, -0.2) is 97.6 Å². The fourth-order valence-corrected chi connectivity index (χ4v) is 6.26. The molecule has 0 saturated carbocycles. The summed E-state index contributed by atoms with van der Waals surface area (Å²) >= 11 is 3.36. The molecule has 1 fully saturated rings. The summed E-state index contributed by atoms with van der Waals surface area (Å²) in [6.45, 7) is 21.9. The van der Waals surface area contributed by atoms with Crippen molar-refractivity contribution in [3.8, 4) is 0 Å². The Bertz CT molecular complexity index is 2080. The van der Waals surface area contributed by atoms with Crippen molar-refractivity contribution < 1.29 is 28.4 Å². The second-order valence-electron chi connectivity index (χ2n) is 16.9. The predicted octanol–water partition coefficient (Wildman–Crippen LogP) is 9.23. The van der Waals surface area contributed by atoms with Gasteiger partial charge in [-0.15, -0.1) is 0 Å². The predicted molar refractivity (Wildman–Crippen MR) is 224 cm³/mol. The molecule has 56 heavy (non-hydrogen) atoms. The lowest BCUT2D eigenvalue weighted by Gasteiger charge is -2.32. The molecule has 2 amide bonds.